The van der Waals surface area contributed by atoms with Gasteiger partial charge in [-0.3, -0.25) is 19.2 Å². The van der Waals surface area contributed by atoms with Gasteiger partial charge in [0, 0.05) is 54.1 Å². The Morgan fingerprint density at radius 2 is 0.809 bits per heavy atom. The molecule has 1 fully saturated rings. The second kappa shape index (κ2) is 25.8. The van der Waals surface area contributed by atoms with E-state index in [0.29, 0.717) is 11.1 Å². The summed E-state index contributed by atoms with van der Waals surface area (Å²) in [5, 5.41) is 3.93. The van der Waals surface area contributed by atoms with Crippen LogP contribution in [0.15, 0.2) is 60.7 Å². The van der Waals surface area contributed by atoms with Gasteiger partial charge in [-0.1, -0.05) is 116 Å². The van der Waals surface area contributed by atoms with Gasteiger partial charge in [-0.05, 0) is 61.5 Å². The molecule has 1 aliphatic heterocycles. The van der Waals surface area contributed by atoms with E-state index in [0.717, 1.165) is 29.8 Å². The Balaban J connectivity index is 2.25. The fourth-order valence-electron chi connectivity index (χ4n) is 7.56. The second-order valence-electron chi connectivity index (χ2n) is 19.1. The van der Waals surface area contributed by atoms with Gasteiger partial charge in [-0.2, -0.15) is 0 Å². The van der Waals surface area contributed by atoms with Crippen molar-refractivity contribution in [2.45, 2.75) is 131 Å². The Bertz CT molecular complexity index is 1870. The fourth-order valence-corrected chi connectivity index (χ4v) is 7.56. The highest BCUT2D eigenvalue weighted by Crippen LogP contribution is 2.22. The van der Waals surface area contributed by atoms with E-state index < -0.39 is 84.3 Å². The molecule has 2 aromatic carbocycles. The molecule has 0 saturated carbocycles. The van der Waals surface area contributed by atoms with E-state index in [2.05, 4.69) is 0 Å². The number of hydrogen-bond acceptors (Lipinski definition) is 12. The van der Waals surface area contributed by atoms with Crippen molar-refractivity contribution < 1.29 is 57.3 Å². The van der Waals surface area contributed by atoms with Gasteiger partial charge in [0.15, 0.2) is 24.4 Å². The monoisotopic (exact) mass is 951 g/mol. The first kappa shape index (κ1) is 56.1. The number of esters is 2. The van der Waals surface area contributed by atoms with Crippen molar-refractivity contribution in [3.8, 4) is 0 Å². The number of nitrogens with zero attached hydrogens (tertiary/aromatic N) is 6. The Morgan fingerprint density at radius 1 is 0.441 bits per heavy atom. The minimum atomic E-state index is -1.56. The van der Waals surface area contributed by atoms with Crippen LogP contribution in [-0.4, -0.2) is 155 Å². The maximum atomic E-state index is 14.6. The summed E-state index contributed by atoms with van der Waals surface area (Å²) in [5.74, 6) is -5.79. The number of hydrogen-bond donors (Lipinski definition) is 0. The van der Waals surface area contributed by atoms with Crippen molar-refractivity contribution in [1.29, 1.82) is 0 Å². The number of benzene rings is 2. The van der Waals surface area contributed by atoms with Crippen LogP contribution < -0.4 is 0 Å². The molecule has 376 valence electrons. The lowest BCUT2D eigenvalue weighted by Crippen LogP contribution is -2.57. The predicted octanol–water partition coefficient (Wildman–Crippen LogP) is 5.77. The Kier molecular flexibility index (Phi) is 21.3. The topological polar surface area (TPSA) is 193 Å². The summed E-state index contributed by atoms with van der Waals surface area (Å²) in [6.07, 6.45) is -8.22. The molecule has 1 saturated heterocycles. The molecule has 0 spiro atoms. The van der Waals surface area contributed by atoms with Crippen molar-refractivity contribution in [2.24, 2.45) is 23.7 Å². The number of cyclic esters (lactones) is 4. The predicted molar refractivity (Wildman–Crippen MR) is 253 cm³/mol. The van der Waals surface area contributed by atoms with Crippen LogP contribution in [0.2, 0.25) is 0 Å². The quantitative estimate of drug-likeness (QED) is 0.185. The third-order valence-electron chi connectivity index (χ3n) is 11.3. The lowest BCUT2D eigenvalue weighted by molar-refractivity contribution is -0.174. The molecule has 18 nitrogen and oxygen atoms in total. The molecule has 18 heteroatoms. The molecule has 2 aromatic rings. The van der Waals surface area contributed by atoms with Crippen LogP contribution in [0, 0.1) is 23.7 Å². The highest BCUT2D eigenvalue weighted by Gasteiger charge is 2.42. The van der Waals surface area contributed by atoms with E-state index in [9.17, 15) is 38.4 Å². The van der Waals surface area contributed by atoms with E-state index in [1.165, 1.54) is 42.0 Å². The molecule has 0 bridgehead atoms. The third-order valence-corrected chi connectivity index (χ3v) is 11.3. The molecule has 1 heterocycles. The van der Waals surface area contributed by atoms with Crippen LogP contribution in [0.4, 0.5) is 9.59 Å². The number of likely N-dealkylation sites (N-methyl/N-ethyl adjacent to an activating group) is 4. The van der Waals surface area contributed by atoms with E-state index in [1.807, 2.05) is 27.7 Å². The first-order valence-electron chi connectivity index (χ1n) is 23.4. The number of carbonyl (C=O) groups is 8. The molecular weight excluding hydrogens is 877 g/mol. The molecule has 0 N–H and O–H groups in total. The van der Waals surface area contributed by atoms with Gasteiger partial charge in [0.05, 0.1) is 0 Å². The first-order valence-corrected chi connectivity index (χ1v) is 23.4. The average Bonchev–Trinajstić information content (AvgIpc) is 3.28. The largest absolute Gasteiger partial charge is 0.451 e. The summed E-state index contributed by atoms with van der Waals surface area (Å²) in [6, 6.07) is 15.0. The molecule has 68 heavy (non-hydrogen) atoms. The standard InChI is InChI=1S/C50H74N6O12/c1-31(2)25-39-47(61)65-36(10)44(58)53(13)56(30-34(7)8)50(64)68-42(28-38-23-19-16-20-24-38)46(60)54(14)55(29-33(5)6)49(63)66-35(9)43(57)51(11)40(26-32(3)4)48(62)67-41(45(59)52(39)12)27-37-21-17-15-18-22-37/h15-24,31-36,39-42H,25-30H2,1-14H3/t35-,36-,39+,40?,41?,42-/m1/s1. The Labute approximate surface area is 402 Å². The van der Waals surface area contributed by atoms with Crippen LogP contribution in [0.1, 0.15) is 93.2 Å². The SMILES string of the molecule is CC(C)CC1C(=O)OC(Cc2ccccc2)C(=O)N(C)[C@@H](CC(C)C)C(=O)O[C@H](C)C(=O)N(C)N(CC(C)C)C(=O)O[C@H](Cc2ccccc2)C(=O)N(C)N(CC(C)C)C(=O)O[C@H](C)C(=O)N1C. The normalized spacial score (nSPS) is 23.1. The van der Waals surface area contributed by atoms with Gasteiger partial charge in [0.1, 0.15) is 12.1 Å². The van der Waals surface area contributed by atoms with Crippen molar-refractivity contribution in [1.82, 2.24) is 29.8 Å². The van der Waals surface area contributed by atoms with Gasteiger partial charge in [-0.25, -0.2) is 39.2 Å². The molecule has 1 aliphatic rings. The molecule has 2 unspecified atom stereocenters. The lowest BCUT2D eigenvalue weighted by Gasteiger charge is -2.37. The van der Waals surface area contributed by atoms with Crippen LogP contribution in [-0.2, 0) is 60.6 Å². The van der Waals surface area contributed by atoms with Gasteiger partial charge < -0.3 is 28.7 Å². The fraction of sp³-hybridized carbons (Fsp3) is 0.600. The zero-order chi connectivity index (χ0) is 51.2. The van der Waals surface area contributed by atoms with Gasteiger partial charge in [-0.15, -0.1) is 0 Å². The Hall–Kier alpha value is -6.20. The summed E-state index contributed by atoms with van der Waals surface area (Å²) in [5.41, 5.74) is 1.25. The van der Waals surface area contributed by atoms with Gasteiger partial charge in [0.2, 0.25) is 0 Å². The van der Waals surface area contributed by atoms with Crippen LogP contribution in [0.5, 0.6) is 0 Å². The summed E-state index contributed by atoms with van der Waals surface area (Å²) in [7, 11) is 5.36. The molecule has 6 amide bonds. The second-order valence-corrected chi connectivity index (χ2v) is 19.1. The van der Waals surface area contributed by atoms with Crippen LogP contribution in [0.3, 0.4) is 0 Å². The molecule has 0 aliphatic carbocycles. The van der Waals surface area contributed by atoms with E-state index in [1.54, 1.807) is 88.4 Å². The maximum absolute atomic E-state index is 14.6. The summed E-state index contributed by atoms with van der Waals surface area (Å²) in [6.45, 7) is 17.1. The zero-order valence-electron chi connectivity index (χ0n) is 42.4. The maximum Gasteiger partial charge on any atom is 0.429 e. The van der Waals surface area contributed by atoms with Crippen LogP contribution in [0.25, 0.3) is 0 Å². The summed E-state index contributed by atoms with van der Waals surface area (Å²) < 4.78 is 23.5. The van der Waals surface area contributed by atoms with E-state index in [4.69, 9.17) is 18.9 Å². The van der Waals surface area contributed by atoms with Gasteiger partial charge >= 0.3 is 24.1 Å². The van der Waals surface area contributed by atoms with E-state index in [-0.39, 0.29) is 62.4 Å². The molecule has 0 aromatic heterocycles. The summed E-state index contributed by atoms with van der Waals surface area (Å²) in [4.78, 5) is 117. The number of ether oxygens (including phenoxy) is 4. The van der Waals surface area contributed by atoms with Crippen molar-refractivity contribution in [3.05, 3.63) is 71.8 Å². The number of amides is 6. The number of rotatable bonds is 12. The molecule has 3 rings (SSSR count). The lowest BCUT2D eigenvalue weighted by atomic mass is 10.0. The third kappa shape index (κ3) is 16.0. The first-order chi connectivity index (χ1) is 31.8. The molecule has 6 atom stereocenters. The van der Waals surface area contributed by atoms with Crippen molar-refractivity contribution >= 4 is 47.8 Å². The Morgan fingerprint density at radius 3 is 1.24 bits per heavy atom. The molecular formula is C50H74N6O12. The van der Waals surface area contributed by atoms with Crippen molar-refractivity contribution in [2.75, 3.05) is 41.3 Å². The number of hydrazine groups is 2. The smallest absolute Gasteiger partial charge is 0.429 e. The minimum Gasteiger partial charge on any atom is -0.451 e. The van der Waals surface area contributed by atoms with Crippen molar-refractivity contribution in [3.63, 3.8) is 0 Å². The highest BCUT2D eigenvalue weighted by molar-refractivity contribution is 5.93. The zero-order valence-corrected chi connectivity index (χ0v) is 42.4. The average molecular weight is 951 g/mol. The highest BCUT2D eigenvalue weighted by atomic mass is 16.6. The van der Waals surface area contributed by atoms with Crippen LogP contribution >= 0.6 is 0 Å². The minimum absolute atomic E-state index is 0.0667. The summed E-state index contributed by atoms with van der Waals surface area (Å²) >= 11 is 0. The van der Waals surface area contributed by atoms with E-state index >= 15 is 0 Å². The van der Waals surface area contributed by atoms with Gasteiger partial charge in [0.25, 0.3) is 23.6 Å². The molecule has 0 radical (unpaired) electrons. The number of carbonyl (C=O) groups excluding carboxylic acids is 8.